The summed E-state index contributed by atoms with van der Waals surface area (Å²) < 4.78 is 7.39. The van der Waals surface area contributed by atoms with E-state index in [-0.39, 0.29) is 0 Å². The molecule has 0 spiro atoms. The lowest BCUT2D eigenvalue weighted by atomic mass is 10.1. The van der Waals surface area contributed by atoms with Crippen molar-refractivity contribution >= 4 is 0 Å². The summed E-state index contributed by atoms with van der Waals surface area (Å²) in [6, 6.07) is 2.59. The first-order valence-corrected chi connectivity index (χ1v) is 7.97. The van der Waals surface area contributed by atoms with Crippen LogP contribution in [-0.4, -0.2) is 21.3 Å². The van der Waals surface area contributed by atoms with Crippen molar-refractivity contribution in [3.63, 3.8) is 0 Å². The van der Waals surface area contributed by atoms with Crippen LogP contribution in [0, 0.1) is 0 Å². The van der Waals surface area contributed by atoms with E-state index in [0.29, 0.717) is 18.5 Å². The molecule has 0 aliphatic heterocycles. The fraction of sp³-hybridized carbons (Fsp3) is 0.625. The Bertz CT molecular complexity index is 532. The number of rotatable bonds is 9. The predicted octanol–water partition coefficient (Wildman–Crippen LogP) is 3.32. The lowest BCUT2D eigenvalue weighted by Gasteiger charge is -2.14. The summed E-state index contributed by atoms with van der Waals surface area (Å²) in [7, 11) is 0. The van der Waals surface area contributed by atoms with Crippen molar-refractivity contribution in [2.24, 2.45) is 0 Å². The summed E-state index contributed by atoms with van der Waals surface area (Å²) in [5, 5.41) is 7.56. The van der Waals surface area contributed by atoms with Crippen LogP contribution in [0.4, 0.5) is 0 Å². The normalized spacial score (nSPS) is 12.7. The van der Waals surface area contributed by atoms with Crippen molar-refractivity contribution in [2.45, 2.75) is 59.0 Å². The van der Waals surface area contributed by atoms with Crippen molar-refractivity contribution in [3.8, 4) is 0 Å². The van der Waals surface area contributed by atoms with Crippen molar-refractivity contribution in [1.29, 1.82) is 0 Å². The van der Waals surface area contributed by atoms with Gasteiger partial charge >= 0.3 is 0 Å². The second kappa shape index (κ2) is 7.98. The van der Waals surface area contributed by atoms with E-state index in [9.17, 15) is 0 Å². The molecule has 1 unspecified atom stereocenters. The maximum absolute atomic E-state index is 5.28. The highest BCUT2D eigenvalue weighted by Gasteiger charge is 2.11. The Kier molecular flexibility index (Phi) is 5.99. The molecule has 1 atom stereocenters. The minimum atomic E-state index is 0.421. The summed E-state index contributed by atoms with van der Waals surface area (Å²) in [4.78, 5) is 4.40. The second-order valence-corrected chi connectivity index (χ2v) is 5.39. The molecule has 1 N–H and O–H groups in total. The van der Waals surface area contributed by atoms with Crippen molar-refractivity contribution in [1.82, 2.24) is 20.0 Å². The molecular weight excluding hydrogens is 264 g/mol. The van der Waals surface area contributed by atoms with E-state index in [2.05, 4.69) is 59.3 Å². The minimum absolute atomic E-state index is 0.421. The third-order valence-electron chi connectivity index (χ3n) is 3.53. The first kappa shape index (κ1) is 15.8. The van der Waals surface area contributed by atoms with E-state index in [0.717, 1.165) is 38.1 Å². The fourth-order valence-corrected chi connectivity index (χ4v) is 2.42. The lowest BCUT2D eigenvalue weighted by molar-refractivity contribution is 0.366. The number of hydrogen-bond donors (Lipinski definition) is 1. The maximum atomic E-state index is 5.28. The average Bonchev–Trinajstić information content (AvgIpc) is 3.11. The largest absolute Gasteiger partial charge is 0.345 e. The van der Waals surface area contributed by atoms with Gasteiger partial charge in [-0.3, -0.25) is 0 Å². The Morgan fingerprint density at radius 3 is 2.86 bits per heavy atom. The number of nitrogens with zero attached hydrogens (tertiary/aromatic N) is 3. The van der Waals surface area contributed by atoms with E-state index in [1.54, 1.807) is 0 Å². The van der Waals surface area contributed by atoms with Gasteiger partial charge in [0, 0.05) is 24.9 Å². The first-order valence-electron chi connectivity index (χ1n) is 7.97. The Balaban J connectivity index is 1.98. The van der Waals surface area contributed by atoms with Crippen LogP contribution in [0.25, 0.3) is 0 Å². The predicted molar refractivity (Wildman–Crippen MR) is 83.2 cm³/mol. The molecular formula is C16H26N4O. The third-order valence-corrected chi connectivity index (χ3v) is 3.53. The minimum Gasteiger partial charge on any atom is -0.345 e. The molecule has 5 nitrogen and oxygen atoms in total. The molecule has 5 heteroatoms. The molecule has 2 heterocycles. The fourth-order valence-electron chi connectivity index (χ4n) is 2.42. The highest BCUT2D eigenvalue weighted by molar-refractivity contribution is 5.15. The van der Waals surface area contributed by atoms with Crippen LogP contribution in [0.1, 0.15) is 63.4 Å². The number of hydrogen-bond acceptors (Lipinski definition) is 4. The third kappa shape index (κ3) is 4.43. The molecule has 0 amide bonds. The molecule has 0 fully saturated rings. The van der Waals surface area contributed by atoms with Gasteiger partial charge in [0.05, 0.1) is 0 Å². The summed E-state index contributed by atoms with van der Waals surface area (Å²) in [6.07, 6.45) is 8.40. The van der Waals surface area contributed by atoms with Crippen molar-refractivity contribution in [3.05, 3.63) is 35.7 Å². The molecule has 2 aromatic rings. The van der Waals surface area contributed by atoms with Crippen LogP contribution in [0.15, 0.2) is 23.0 Å². The van der Waals surface area contributed by atoms with Crippen molar-refractivity contribution in [2.75, 3.05) is 6.54 Å². The van der Waals surface area contributed by atoms with E-state index in [1.165, 1.54) is 5.56 Å². The Morgan fingerprint density at radius 2 is 2.14 bits per heavy atom. The Morgan fingerprint density at radius 1 is 1.29 bits per heavy atom. The van der Waals surface area contributed by atoms with Crippen LogP contribution in [0.2, 0.25) is 0 Å². The van der Waals surface area contributed by atoms with Gasteiger partial charge in [-0.2, -0.15) is 4.98 Å². The second-order valence-electron chi connectivity index (χ2n) is 5.39. The van der Waals surface area contributed by atoms with Crippen molar-refractivity contribution < 1.29 is 4.52 Å². The summed E-state index contributed by atoms with van der Waals surface area (Å²) in [6.45, 7) is 8.20. The first-order chi connectivity index (χ1) is 10.3. The molecule has 2 rings (SSSR count). The summed E-state index contributed by atoms with van der Waals surface area (Å²) in [5.74, 6) is 1.48. The molecule has 0 aromatic carbocycles. The SMILES string of the molecule is CCCNC(CC)c1ccn(Cc2nc(CCC)no2)c1. The summed E-state index contributed by atoms with van der Waals surface area (Å²) >= 11 is 0. The molecule has 0 aliphatic carbocycles. The van der Waals surface area contributed by atoms with Gasteiger partial charge in [-0.15, -0.1) is 0 Å². The molecule has 0 saturated carbocycles. The zero-order valence-corrected chi connectivity index (χ0v) is 13.3. The van der Waals surface area contributed by atoms with Gasteiger partial charge in [0.2, 0.25) is 5.89 Å². The van der Waals surface area contributed by atoms with Gasteiger partial charge < -0.3 is 14.4 Å². The highest BCUT2D eigenvalue weighted by Crippen LogP contribution is 2.17. The molecule has 0 aliphatic rings. The van der Waals surface area contributed by atoms with Crippen LogP contribution >= 0.6 is 0 Å². The van der Waals surface area contributed by atoms with Crippen LogP contribution in [0.3, 0.4) is 0 Å². The van der Waals surface area contributed by atoms with Gasteiger partial charge in [-0.1, -0.05) is 25.9 Å². The quantitative estimate of drug-likeness (QED) is 0.769. The average molecular weight is 290 g/mol. The molecule has 2 aromatic heterocycles. The lowest BCUT2D eigenvalue weighted by Crippen LogP contribution is -2.21. The zero-order valence-electron chi connectivity index (χ0n) is 13.3. The smallest absolute Gasteiger partial charge is 0.246 e. The van der Waals surface area contributed by atoms with Crippen LogP contribution in [0.5, 0.6) is 0 Å². The Labute approximate surface area is 126 Å². The van der Waals surface area contributed by atoms with Gasteiger partial charge in [0.25, 0.3) is 0 Å². The van der Waals surface area contributed by atoms with Gasteiger partial charge in [0.1, 0.15) is 6.54 Å². The topological polar surface area (TPSA) is 55.9 Å². The summed E-state index contributed by atoms with van der Waals surface area (Å²) in [5.41, 5.74) is 1.32. The van der Waals surface area contributed by atoms with Crippen LogP contribution < -0.4 is 5.32 Å². The number of aromatic nitrogens is 3. The van der Waals surface area contributed by atoms with E-state index in [4.69, 9.17) is 4.52 Å². The van der Waals surface area contributed by atoms with Gasteiger partial charge in [-0.25, -0.2) is 0 Å². The molecule has 0 bridgehead atoms. The van der Waals surface area contributed by atoms with Gasteiger partial charge in [0.15, 0.2) is 5.82 Å². The molecule has 21 heavy (non-hydrogen) atoms. The monoisotopic (exact) mass is 290 g/mol. The van der Waals surface area contributed by atoms with E-state index < -0.39 is 0 Å². The molecule has 0 saturated heterocycles. The Hall–Kier alpha value is -1.62. The number of aryl methyl sites for hydroxylation is 1. The molecule has 0 radical (unpaired) electrons. The van der Waals surface area contributed by atoms with E-state index in [1.807, 2.05) is 0 Å². The maximum Gasteiger partial charge on any atom is 0.246 e. The van der Waals surface area contributed by atoms with Gasteiger partial charge in [-0.05, 0) is 37.4 Å². The van der Waals surface area contributed by atoms with E-state index >= 15 is 0 Å². The molecule has 116 valence electrons. The highest BCUT2D eigenvalue weighted by atomic mass is 16.5. The number of nitrogens with one attached hydrogen (secondary N) is 1. The standard InChI is InChI=1S/C16H26N4O/c1-4-7-15-18-16(21-19-15)12-20-10-8-13(11-20)14(6-3)17-9-5-2/h8,10-11,14,17H,4-7,9,12H2,1-3H3. The zero-order chi connectivity index (χ0) is 15.1. The van der Waals surface area contributed by atoms with Crippen LogP contribution in [-0.2, 0) is 13.0 Å².